The molecular formula is C22H15N5O3S. The number of rotatable bonds is 1. The number of hydrogen-bond donors (Lipinski definition) is 1. The zero-order valence-corrected chi connectivity index (χ0v) is 17.4. The largest absolute Gasteiger partial charge is 0.340 e. The number of nitrogens with one attached hydrogen (secondary N) is 1. The lowest BCUT2D eigenvalue weighted by atomic mass is 9.81. The zero-order valence-electron chi connectivity index (χ0n) is 16.5. The van der Waals surface area contributed by atoms with Crippen LogP contribution in [0.2, 0.25) is 0 Å². The fourth-order valence-corrected chi connectivity index (χ4v) is 5.09. The molecule has 2 aromatic heterocycles. The average Bonchev–Trinajstić information content (AvgIpc) is 3.37. The number of nitrogens with zero attached hydrogens (tertiary/aromatic N) is 4. The van der Waals surface area contributed by atoms with Crippen molar-refractivity contribution in [3.63, 3.8) is 0 Å². The molecule has 0 fully saturated rings. The highest BCUT2D eigenvalue weighted by Gasteiger charge is 2.42. The van der Waals surface area contributed by atoms with Gasteiger partial charge < -0.3 is 5.32 Å². The summed E-state index contributed by atoms with van der Waals surface area (Å²) in [5.74, 6) is -0.359. The molecule has 31 heavy (non-hydrogen) atoms. The maximum absolute atomic E-state index is 13.5. The molecular weight excluding hydrogens is 414 g/mol. The van der Waals surface area contributed by atoms with Gasteiger partial charge in [0.15, 0.2) is 5.78 Å². The minimum atomic E-state index is -0.636. The fraction of sp³-hybridized carbons (Fsp3) is 0.136. The first-order valence-corrected chi connectivity index (χ1v) is 10.4. The maximum Gasteiger partial charge on any atom is 0.332 e. The summed E-state index contributed by atoms with van der Waals surface area (Å²) in [6.45, 7) is 0. The van der Waals surface area contributed by atoms with Crippen molar-refractivity contribution in [2.45, 2.75) is 5.92 Å². The first-order valence-electron chi connectivity index (χ1n) is 9.64. The Morgan fingerprint density at radius 2 is 1.68 bits per heavy atom. The maximum atomic E-state index is 13.5. The summed E-state index contributed by atoms with van der Waals surface area (Å²) < 4.78 is 11.1. The van der Waals surface area contributed by atoms with Gasteiger partial charge in [-0.15, -0.1) is 0 Å². The summed E-state index contributed by atoms with van der Waals surface area (Å²) in [4.78, 5) is 39.4. The molecule has 1 atom stereocenters. The van der Waals surface area contributed by atoms with Crippen LogP contribution in [0, 0.1) is 0 Å². The van der Waals surface area contributed by atoms with Crippen LogP contribution < -0.4 is 16.6 Å². The van der Waals surface area contributed by atoms with E-state index < -0.39 is 17.2 Å². The van der Waals surface area contributed by atoms with E-state index in [4.69, 9.17) is 0 Å². The molecule has 1 unspecified atom stereocenters. The smallest absolute Gasteiger partial charge is 0.332 e. The summed E-state index contributed by atoms with van der Waals surface area (Å²) in [5.41, 5.74) is 4.21. The van der Waals surface area contributed by atoms with Crippen LogP contribution in [0.1, 0.15) is 33.0 Å². The van der Waals surface area contributed by atoms with Gasteiger partial charge in [-0.25, -0.2) is 4.79 Å². The number of fused-ring (bicyclic) bond motifs is 4. The van der Waals surface area contributed by atoms with E-state index in [1.54, 1.807) is 13.1 Å². The van der Waals surface area contributed by atoms with Crippen LogP contribution >= 0.6 is 11.7 Å². The number of ketones is 1. The SMILES string of the molecule is Cn1c2c(c(=O)n(C)c1=O)C(c1ccc3nsnc3c1)C1=C(N2)c2ccccc2C1=O. The van der Waals surface area contributed by atoms with Crippen molar-refractivity contribution < 1.29 is 4.79 Å². The Kier molecular flexibility index (Phi) is 3.52. The van der Waals surface area contributed by atoms with Crippen molar-refractivity contribution in [1.29, 1.82) is 0 Å². The Labute approximate surface area is 179 Å². The van der Waals surface area contributed by atoms with Gasteiger partial charge in [0.2, 0.25) is 0 Å². The average molecular weight is 429 g/mol. The highest BCUT2D eigenvalue weighted by atomic mass is 32.1. The monoisotopic (exact) mass is 429 g/mol. The van der Waals surface area contributed by atoms with Gasteiger partial charge in [-0.3, -0.25) is 18.7 Å². The van der Waals surface area contributed by atoms with Crippen LogP contribution in [-0.2, 0) is 14.1 Å². The van der Waals surface area contributed by atoms with Crippen LogP contribution in [0.5, 0.6) is 0 Å². The Morgan fingerprint density at radius 1 is 0.935 bits per heavy atom. The number of anilines is 1. The molecule has 1 aliphatic heterocycles. The topological polar surface area (TPSA) is 98.9 Å². The van der Waals surface area contributed by atoms with Gasteiger partial charge in [0.25, 0.3) is 5.56 Å². The lowest BCUT2D eigenvalue weighted by Gasteiger charge is -2.29. The number of hydrogen-bond acceptors (Lipinski definition) is 7. The van der Waals surface area contributed by atoms with Crippen LogP contribution in [0.3, 0.4) is 0 Å². The summed E-state index contributed by atoms with van der Waals surface area (Å²) >= 11 is 1.11. The van der Waals surface area contributed by atoms with Crippen LogP contribution in [-0.4, -0.2) is 23.7 Å². The van der Waals surface area contributed by atoms with Gasteiger partial charge in [0.1, 0.15) is 16.9 Å². The fourth-order valence-electron chi connectivity index (χ4n) is 4.57. The van der Waals surface area contributed by atoms with E-state index in [0.717, 1.165) is 32.9 Å². The molecule has 1 aliphatic carbocycles. The molecule has 1 N–H and O–H groups in total. The van der Waals surface area contributed by atoms with Crippen molar-refractivity contribution >= 4 is 40.1 Å². The number of carbonyl (C=O) groups is 1. The summed E-state index contributed by atoms with van der Waals surface area (Å²) in [6, 6.07) is 12.9. The second-order valence-electron chi connectivity index (χ2n) is 7.70. The van der Waals surface area contributed by atoms with Crippen LogP contribution in [0.25, 0.3) is 16.7 Å². The molecule has 0 amide bonds. The van der Waals surface area contributed by atoms with E-state index in [-0.39, 0.29) is 5.78 Å². The highest BCUT2D eigenvalue weighted by Crippen LogP contribution is 2.47. The normalized spacial score (nSPS) is 16.8. The third kappa shape index (κ3) is 2.26. The lowest BCUT2D eigenvalue weighted by Crippen LogP contribution is -2.42. The molecule has 2 aromatic carbocycles. The third-order valence-corrected chi connectivity index (χ3v) is 6.64. The quantitative estimate of drug-likeness (QED) is 0.498. The predicted octanol–water partition coefficient (Wildman–Crippen LogP) is 2.25. The Hall–Kier alpha value is -3.85. The number of carbonyl (C=O) groups excluding carboxylic acids is 1. The Balaban J connectivity index is 1.73. The first kappa shape index (κ1) is 18.0. The van der Waals surface area contributed by atoms with E-state index >= 15 is 0 Å². The minimum Gasteiger partial charge on any atom is -0.340 e. The van der Waals surface area contributed by atoms with Crippen molar-refractivity contribution in [2.75, 3.05) is 5.32 Å². The molecule has 9 heteroatoms. The summed E-state index contributed by atoms with van der Waals surface area (Å²) in [7, 11) is 3.07. The third-order valence-electron chi connectivity index (χ3n) is 6.09. The van der Waals surface area contributed by atoms with Crippen LogP contribution in [0.15, 0.2) is 57.6 Å². The van der Waals surface area contributed by atoms with Crippen LogP contribution in [0.4, 0.5) is 5.82 Å². The zero-order chi connectivity index (χ0) is 21.4. The molecule has 152 valence electrons. The van der Waals surface area contributed by atoms with Gasteiger partial charge in [-0.2, -0.15) is 8.75 Å². The number of aromatic nitrogens is 4. The lowest BCUT2D eigenvalue weighted by molar-refractivity contribution is 0.103. The van der Waals surface area contributed by atoms with E-state index in [9.17, 15) is 14.4 Å². The number of benzene rings is 2. The molecule has 0 saturated heterocycles. The van der Waals surface area contributed by atoms with Crippen molar-refractivity contribution in [3.05, 3.63) is 91.1 Å². The molecule has 2 aliphatic rings. The van der Waals surface area contributed by atoms with E-state index in [1.165, 1.54) is 11.6 Å². The number of allylic oxidation sites excluding steroid dienone is 1. The standard InChI is InChI=1S/C22H15N5O3S/c1-26-20-17(21(29)27(2)22(26)30)15(10-7-8-13-14(9-10)25-31-24-13)16-18(23-20)11-5-3-4-6-12(11)19(16)28/h3-9,15,23H,1-2H3. The van der Waals surface area contributed by atoms with Gasteiger partial charge in [-0.05, 0) is 17.7 Å². The van der Waals surface area contributed by atoms with Gasteiger partial charge in [0, 0.05) is 36.7 Å². The van der Waals surface area contributed by atoms with Gasteiger partial charge >= 0.3 is 5.69 Å². The summed E-state index contributed by atoms with van der Waals surface area (Å²) in [5, 5.41) is 3.24. The van der Waals surface area contributed by atoms with Gasteiger partial charge in [-0.1, -0.05) is 30.3 Å². The second kappa shape index (κ2) is 6.08. The Bertz CT molecular complexity index is 1610. The molecule has 6 rings (SSSR count). The molecule has 0 radical (unpaired) electrons. The summed E-state index contributed by atoms with van der Waals surface area (Å²) in [6.07, 6.45) is 0. The Morgan fingerprint density at radius 3 is 2.48 bits per heavy atom. The molecule has 0 spiro atoms. The van der Waals surface area contributed by atoms with E-state index in [2.05, 4.69) is 14.1 Å². The molecule has 0 saturated carbocycles. The van der Waals surface area contributed by atoms with Crippen molar-refractivity contribution in [2.24, 2.45) is 14.1 Å². The van der Waals surface area contributed by atoms with Gasteiger partial charge in [0.05, 0.1) is 23.0 Å². The van der Waals surface area contributed by atoms with E-state index in [0.29, 0.717) is 33.7 Å². The van der Waals surface area contributed by atoms with E-state index in [1.807, 2.05) is 36.4 Å². The molecule has 0 bridgehead atoms. The first-order chi connectivity index (χ1) is 15.0. The highest BCUT2D eigenvalue weighted by molar-refractivity contribution is 7.00. The molecule has 8 nitrogen and oxygen atoms in total. The number of Topliss-reactive ketones (excluding diaryl/α,β-unsaturated/α-hetero) is 1. The van der Waals surface area contributed by atoms with Crippen molar-refractivity contribution in [1.82, 2.24) is 17.9 Å². The molecule has 4 aromatic rings. The minimum absolute atomic E-state index is 0.124. The second-order valence-corrected chi connectivity index (χ2v) is 8.23. The predicted molar refractivity (Wildman–Crippen MR) is 117 cm³/mol. The van der Waals surface area contributed by atoms with Crippen molar-refractivity contribution in [3.8, 4) is 0 Å². The molecule has 3 heterocycles.